The van der Waals surface area contributed by atoms with Gasteiger partial charge in [0.1, 0.15) is 5.82 Å². The Kier molecular flexibility index (Phi) is 4.33. The fourth-order valence-corrected chi connectivity index (χ4v) is 3.24. The number of aliphatic hydroxyl groups excluding tert-OH is 1. The molecule has 1 aromatic carbocycles. The predicted octanol–water partition coefficient (Wildman–Crippen LogP) is 1.29. The lowest BCUT2D eigenvalue weighted by Gasteiger charge is -2.36. The third kappa shape index (κ3) is 3.33. The second kappa shape index (κ2) is 6.78. The number of piperazine rings is 1. The zero-order valence-electron chi connectivity index (χ0n) is 14.3. The minimum Gasteiger partial charge on any atom is -0.387 e. The van der Waals surface area contributed by atoms with Crippen LogP contribution in [-0.2, 0) is 0 Å². The molecular formula is C18H22N6O. The maximum Gasteiger partial charge on any atom is 0.178 e. The molecule has 1 N–H and O–H groups in total. The first-order chi connectivity index (χ1) is 12.2. The molecule has 0 spiro atoms. The van der Waals surface area contributed by atoms with Crippen LogP contribution in [0.15, 0.2) is 42.5 Å². The average molecular weight is 338 g/mol. The van der Waals surface area contributed by atoms with Crippen molar-refractivity contribution in [1.29, 1.82) is 0 Å². The van der Waals surface area contributed by atoms with Crippen molar-refractivity contribution in [2.45, 2.75) is 13.0 Å². The first kappa shape index (κ1) is 16.0. The predicted molar refractivity (Wildman–Crippen MR) is 95.6 cm³/mol. The molecule has 130 valence electrons. The first-order valence-electron chi connectivity index (χ1n) is 8.60. The van der Waals surface area contributed by atoms with E-state index in [0.717, 1.165) is 49.0 Å². The molecule has 1 atom stereocenters. The normalized spacial score (nSPS) is 17.1. The molecule has 0 unspecified atom stereocenters. The van der Waals surface area contributed by atoms with Crippen molar-refractivity contribution >= 4 is 11.5 Å². The Labute approximate surface area is 146 Å². The zero-order chi connectivity index (χ0) is 17.2. The zero-order valence-corrected chi connectivity index (χ0v) is 14.3. The molecule has 7 heteroatoms. The lowest BCUT2D eigenvalue weighted by atomic mass is 10.1. The molecule has 0 saturated carbocycles. The van der Waals surface area contributed by atoms with Crippen LogP contribution in [0.2, 0.25) is 0 Å². The number of aryl methyl sites for hydroxylation is 1. The highest BCUT2D eigenvalue weighted by atomic mass is 16.3. The smallest absolute Gasteiger partial charge is 0.178 e. The van der Waals surface area contributed by atoms with E-state index in [0.29, 0.717) is 6.54 Å². The van der Waals surface area contributed by atoms with Gasteiger partial charge < -0.3 is 10.0 Å². The van der Waals surface area contributed by atoms with Gasteiger partial charge in [0.05, 0.1) is 6.10 Å². The summed E-state index contributed by atoms with van der Waals surface area (Å²) in [4.78, 5) is 4.57. The highest BCUT2D eigenvalue weighted by Crippen LogP contribution is 2.18. The van der Waals surface area contributed by atoms with Gasteiger partial charge in [-0.05, 0) is 24.6 Å². The van der Waals surface area contributed by atoms with Crippen molar-refractivity contribution in [2.24, 2.45) is 0 Å². The van der Waals surface area contributed by atoms with Gasteiger partial charge in [0.15, 0.2) is 11.5 Å². The Balaban J connectivity index is 1.38. The number of benzene rings is 1. The molecule has 7 nitrogen and oxygen atoms in total. The number of anilines is 1. The monoisotopic (exact) mass is 338 g/mol. The summed E-state index contributed by atoms with van der Waals surface area (Å²) in [5, 5.41) is 23.2. The second-order valence-corrected chi connectivity index (χ2v) is 6.42. The Morgan fingerprint density at radius 3 is 2.52 bits per heavy atom. The molecule has 4 rings (SSSR count). The van der Waals surface area contributed by atoms with Crippen LogP contribution in [0.4, 0.5) is 5.82 Å². The fourth-order valence-electron chi connectivity index (χ4n) is 3.24. The van der Waals surface area contributed by atoms with E-state index in [-0.39, 0.29) is 0 Å². The summed E-state index contributed by atoms with van der Waals surface area (Å²) in [5.41, 5.74) is 1.74. The number of aliphatic hydroxyl groups is 1. The molecule has 3 heterocycles. The van der Waals surface area contributed by atoms with Crippen molar-refractivity contribution in [3.63, 3.8) is 0 Å². The summed E-state index contributed by atoms with van der Waals surface area (Å²) in [7, 11) is 0. The number of hydrogen-bond acceptors (Lipinski definition) is 6. The van der Waals surface area contributed by atoms with E-state index in [9.17, 15) is 5.11 Å². The molecule has 1 aliphatic heterocycles. The fraction of sp³-hybridized carbons (Fsp3) is 0.389. The van der Waals surface area contributed by atoms with Crippen LogP contribution in [-0.4, -0.2) is 62.5 Å². The Morgan fingerprint density at radius 1 is 1.00 bits per heavy atom. The van der Waals surface area contributed by atoms with Crippen LogP contribution in [0.25, 0.3) is 5.65 Å². The molecule has 0 aliphatic carbocycles. The minimum absolute atomic E-state index is 0.443. The van der Waals surface area contributed by atoms with E-state index >= 15 is 0 Å². The number of aromatic nitrogens is 4. The molecule has 0 bridgehead atoms. The Bertz CT molecular complexity index is 841. The first-order valence-corrected chi connectivity index (χ1v) is 8.60. The summed E-state index contributed by atoms with van der Waals surface area (Å²) in [6.45, 7) is 6.16. The molecule has 0 amide bonds. The largest absolute Gasteiger partial charge is 0.387 e. The van der Waals surface area contributed by atoms with Gasteiger partial charge in [-0.25, -0.2) is 0 Å². The summed E-state index contributed by atoms with van der Waals surface area (Å²) < 4.78 is 1.78. The van der Waals surface area contributed by atoms with Gasteiger partial charge in [0.2, 0.25) is 0 Å². The highest BCUT2D eigenvalue weighted by Gasteiger charge is 2.21. The van der Waals surface area contributed by atoms with Gasteiger partial charge in [-0.2, -0.15) is 4.52 Å². The SMILES string of the molecule is Cc1nnc2ccc(N3CCN(C[C@@H](O)c4ccccc4)CC3)nn12. The number of β-amino-alcohol motifs (C(OH)–C–C–N with tert-alkyl or cyclic N) is 1. The third-order valence-electron chi connectivity index (χ3n) is 4.72. The lowest BCUT2D eigenvalue weighted by Crippen LogP contribution is -2.47. The molecule has 25 heavy (non-hydrogen) atoms. The molecule has 2 aromatic heterocycles. The summed E-state index contributed by atoms with van der Waals surface area (Å²) in [5.74, 6) is 1.74. The molecule has 1 aliphatic rings. The second-order valence-electron chi connectivity index (χ2n) is 6.42. The molecular weight excluding hydrogens is 316 g/mol. The summed E-state index contributed by atoms with van der Waals surface area (Å²) in [6.07, 6.45) is -0.443. The van der Waals surface area contributed by atoms with Gasteiger partial charge in [-0.15, -0.1) is 15.3 Å². The van der Waals surface area contributed by atoms with Crippen molar-refractivity contribution < 1.29 is 5.11 Å². The van der Waals surface area contributed by atoms with E-state index in [1.165, 1.54) is 0 Å². The lowest BCUT2D eigenvalue weighted by molar-refractivity contribution is 0.109. The van der Waals surface area contributed by atoms with Crippen LogP contribution in [0.5, 0.6) is 0 Å². The highest BCUT2D eigenvalue weighted by molar-refractivity contribution is 5.46. The van der Waals surface area contributed by atoms with Gasteiger partial charge in [0, 0.05) is 32.7 Å². The van der Waals surface area contributed by atoms with E-state index in [2.05, 4.69) is 25.1 Å². The van der Waals surface area contributed by atoms with E-state index in [1.54, 1.807) is 4.52 Å². The third-order valence-corrected chi connectivity index (χ3v) is 4.72. The molecule has 0 radical (unpaired) electrons. The summed E-state index contributed by atoms with van der Waals surface area (Å²) >= 11 is 0. The Hall–Kier alpha value is -2.51. The van der Waals surface area contributed by atoms with Gasteiger partial charge in [0.25, 0.3) is 0 Å². The quantitative estimate of drug-likeness (QED) is 0.773. The number of fused-ring (bicyclic) bond motifs is 1. The maximum atomic E-state index is 10.4. The summed E-state index contributed by atoms with van der Waals surface area (Å²) in [6, 6.07) is 13.8. The van der Waals surface area contributed by atoms with E-state index in [4.69, 9.17) is 0 Å². The standard InChI is InChI=1S/C18H22N6O/c1-14-19-20-17-7-8-18(21-24(14)17)23-11-9-22(10-12-23)13-16(25)15-5-3-2-4-6-15/h2-8,16,25H,9-13H2,1H3/t16-/m1/s1. The van der Waals surface area contributed by atoms with Crippen molar-refractivity contribution in [2.75, 3.05) is 37.6 Å². The van der Waals surface area contributed by atoms with Crippen molar-refractivity contribution in [3.05, 3.63) is 53.9 Å². The number of hydrogen-bond donors (Lipinski definition) is 1. The Morgan fingerprint density at radius 2 is 1.76 bits per heavy atom. The molecule has 3 aromatic rings. The minimum atomic E-state index is -0.443. The van der Waals surface area contributed by atoms with Crippen LogP contribution < -0.4 is 4.90 Å². The van der Waals surface area contributed by atoms with Crippen LogP contribution >= 0.6 is 0 Å². The van der Waals surface area contributed by atoms with Gasteiger partial charge in [-0.3, -0.25) is 4.90 Å². The van der Waals surface area contributed by atoms with Crippen molar-refractivity contribution in [3.8, 4) is 0 Å². The van der Waals surface area contributed by atoms with Crippen LogP contribution in [0.3, 0.4) is 0 Å². The molecule has 1 saturated heterocycles. The average Bonchev–Trinajstić information content (AvgIpc) is 3.03. The number of nitrogens with zero attached hydrogens (tertiary/aromatic N) is 6. The van der Waals surface area contributed by atoms with E-state index in [1.807, 2.05) is 49.4 Å². The van der Waals surface area contributed by atoms with Crippen molar-refractivity contribution in [1.82, 2.24) is 24.7 Å². The maximum absolute atomic E-state index is 10.4. The van der Waals surface area contributed by atoms with Crippen LogP contribution in [0, 0.1) is 6.92 Å². The molecule has 1 fully saturated rings. The van der Waals surface area contributed by atoms with E-state index < -0.39 is 6.10 Å². The van der Waals surface area contributed by atoms with Gasteiger partial charge in [-0.1, -0.05) is 30.3 Å². The van der Waals surface area contributed by atoms with Gasteiger partial charge >= 0.3 is 0 Å². The topological polar surface area (TPSA) is 69.8 Å². The van der Waals surface area contributed by atoms with Crippen LogP contribution in [0.1, 0.15) is 17.5 Å². The number of rotatable bonds is 4.